The molecule has 5 heteroatoms. The van der Waals surface area contributed by atoms with Gasteiger partial charge >= 0.3 is 5.97 Å². The van der Waals surface area contributed by atoms with Gasteiger partial charge in [-0.3, -0.25) is 19.3 Å². The van der Waals surface area contributed by atoms with Crippen LogP contribution in [-0.2, 0) is 9.59 Å². The van der Waals surface area contributed by atoms with E-state index in [2.05, 4.69) is 0 Å². The molecule has 1 aliphatic heterocycles. The largest absolute Gasteiger partial charge is 0.481 e. The van der Waals surface area contributed by atoms with Crippen LogP contribution >= 0.6 is 0 Å². The quantitative estimate of drug-likeness (QED) is 0.839. The van der Waals surface area contributed by atoms with Crippen molar-refractivity contribution in [2.24, 2.45) is 0 Å². The first-order valence-electron chi connectivity index (χ1n) is 6.11. The molecule has 0 aromatic heterocycles. The number of imide groups is 1. The average Bonchev–Trinajstić information content (AvgIpc) is 2.34. The Labute approximate surface area is 110 Å². The SMILES string of the molecule is CC(C)N1C(=O)c2ccccc2C(CC(=O)O)C1=O. The van der Waals surface area contributed by atoms with Crippen molar-refractivity contribution in [1.82, 2.24) is 4.90 Å². The first kappa shape index (κ1) is 13.3. The van der Waals surface area contributed by atoms with Crippen LogP contribution in [0, 0.1) is 0 Å². The highest BCUT2D eigenvalue weighted by Gasteiger charge is 2.40. The Morgan fingerprint density at radius 3 is 2.53 bits per heavy atom. The van der Waals surface area contributed by atoms with Crippen LogP contribution in [0.2, 0.25) is 0 Å². The Hall–Kier alpha value is -2.17. The highest BCUT2D eigenvalue weighted by atomic mass is 16.4. The minimum Gasteiger partial charge on any atom is -0.481 e. The number of carboxylic acids is 1. The van der Waals surface area contributed by atoms with E-state index in [0.29, 0.717) is 11.1 Å². The van der Waals surface area contributed by atoms with Crippen molar-refractivity contribution >= 4 is 17.8 Å². The molecule has 1 heterocycles. The number of carbonyl (C=O) groups is 3. The maximum Gasteiger partial charge on any atom is 0.304 e. The lowest BCUT2D eigenvalue weighted by Gasteiger charge is -2.34. The van der Waals surface area contributed by atoms with Gasteiger partial charge < -0.3 is 5.11 Å². The molecule has 1 aromatic carbocycles. The first-order valence-corrected chi connectivity index (χ1v) is 6.11. The molecule has 0 saturated heterocycles. The molecule has 2 amide bonds. The number of fused-ring (bicyclic) bond motifs is 1. The Bertz CT molecular complexity index is 550. The Morgan fingerprint density at radius 2 is 1.95 bits per heavy atom. The standard InChI is InChI=1S/C14H15NO4/c1-8(2)15-13(18)10-6-4-3-5-9(10)11(14(15)19)7-12(16)17/h3-6,8,11H,7H2,1-2H3,(H,16,17). The number of aliphatic carboxylic acids is 1. The monoisotopic (exact) mass is 261 g/mol. The van der Waals surface area contributed by atoms with Gasteiger partial charge in [-0.25, -0.2) is 0 Å². The van der Waals surface area contributed by atoms with E-state index in [0.717, 1.165) is 4.90 Å². The number of benzene rings is 1. The lowest BCUT2D eigenvalue weighted by atomic mass is 9.86. The van der Waals surface area contributed by atoms with Crippen molar-refractivity contribution in [2.75, 3.05) is 0 Å². The van der Waals surface area contributed by atoms with Crippen molar-refractivity contribution in [3.63, 3.8) is 0 Å². The zero-order valence-corrected chi connectivity index (χ0v) is 10.8. The Balaban J connectivity index is 2.54. The van der Waals surface area contributed by atoms with Gasteiger partial charge in [0.1, 0.15) is 0 Å². The molecular weight excluding hydrogens is 246 g/mol. The van der Waals surface area contributed by atoms with Gasteiger partial charge in [0.15, 0.2) is 0 Å². The third-order valence-electron chi connectivity index (χ3n) is 3.22. The van der Waals surface area contributed by atoms with Crippen LogP contribution in [0.5, 0.6) is 0 Å². The van der Waals surface area contributed by atoms with Gasteiger partial charge in [-0.1, -0.05) is 18.2 Å². The molecule has 0 bridgehead atoms. The lowest BCUT2D eigenvalue weighted by molar-refractivity contribution is -0.142. The summed E-state index contributed by atoms with van der Waals surface area (Å²) >= 11 is 0. The molecule has 0 fully saturated rings. The number of hydrogen-bond acceptors (Lipinski definition) is 3. The van der Waals surface area contributed by atoms with Crippen molar-refractivity contribution in [3.8, 4) is 0 Å². The second-order valence-corrected chi connectivity index (χ2v) is 4.84. The number of rotatable bonds is 3. The Morgan fingerprint density at radius 1 is 1.32 bits per heavy atom. The molecule has 0 radical (unpaired) electrons. The summed E-state index contributed by atoms with van der Waals surface area (Å²) in [5.41, 5.74) is 0.929. The highest BCUT2D eigenvalue weighted by molar-refractivity contribution is 6.12. The molecule has 1 aromatic rings. The maximum absolute atomic E-state index is 12.3. The molecule has 0 aliphatic carbocycles. The van der Waals surface area contributed by atoms with Crippen LogP contribution in [0.25, 0.3) is 0 Å². The zero-order valence-electron chi connectivity index (χ0n) is 10.8. The van der Waals surface area contributed by atoms with Crippen LogP contribution in [0.4, 0.5) is 0 Å². The molecule has 1 unspecified atom stereocenters. The molecule has 0 saturated carbocycles. The van der Waals surface area contributed by atoms with E-state index in [1.807, 2.05) is 0 Å². The minimum absolute atomic E-state index is 0.287. The van der Waals surface area contributed by atoms with Crippen molar-refractivity contribution in [2.45, 2.75) is 32.2 Å². The number of carboxylic acid groups (broad SMARTS) is 1. The highest BCUT2D eigenvalue weighted by Crippen LogP contribution is 2.32. The smallest absolute Gasteiger partial charge is 0.304 e. The first-order chi connectivity index (χ1) is 8.93. The van der Waals surface area contributed by atoms with Gasteiger partial charge in [-0.05, 0) is 25.5 Å². The Kier molecular flexibility index (Phi) is 3.38. The third-order valence-corrected chi connectivity index (χ3v) is 3.22. The van der Waals surface area contributed by atoms with Gasteiger partial charge in [0.2, 0.25) is 5.91 Å². The summed E-state index contributed by atoms with van der Waals surface area (Å²) in [7, 11) is 0. The summed E-state index contributed by atoms with van der Waals surface area (Å²) in [6.45, 7) is 3.48. The van der Waals surface area contributed by atoms with E-state index in [9.17, 15) is 14.4 Å². The summed E-state index contributed by atoms with van der Waals surface area (Å²) in [6, 6.07) is 6.41. The summed E-state index contributed by atoms with van der Waals surface area (Å²) < 4.78 is 0. The van der Waals surface area contributed by atoms with E-state index in [1.54, 1.807) is 38.1 Å². The normalized spacial score (nSPS) is 18.7. The van der Waals surface area contributed by atoms with Gasteiger partial charge in [-0.2, -0.15) is 0 Å². The van der Waals surface area contributed by atoms with Gasteiger partial charge in [0, 0.05) is 11.6 Å². The average molecular weight is 261 g/mol. The minimum atomic E-state index is -1.05. The van der Waals surface area contributed by atoms with E-state index in [-0.39, 0.29) is 18.4 Å². The van der Waals surface area contributed by atoms with Gasteiger partial charge in [0.05, 0.1) is 12.3 Å². The molecular formula is C14H15NO4. The lowest BCUT2D eigenvalue weighted by Crippen LogP contribution is -2.48. The van der Waals surface area contributed by atoms with Crippen LogP contribution in [0.3, 0.4) is 0 Å². The van der Waals surface area contributed by atoms with E-state index >= 15 is 0 Å². The molecule has 19 heavy (non-hydrogen) atoms. The maximum atomic E-state index is 12.3. The number of nitrogens with zero attached hydrogens (tertiary/aromatic N) is 1. The number of hydrogen-bond donors (Lipinski definition) is 1. The summed E-state index contributed by atoms with van der Waals surface area (Å²) in [4.78, 5) is 36.6. The molecule has 0 spiro atoms. The summed E-state index contributed by atoms with van der Waals surface area (Å²) in [5, 5.41) is 8.94. The summed E-state index contributed by atoms with van der Waals surface area (Å²) in [6.07, 6.45) is -0.299. The van der Waals surface area contributed by atoms with Crippen LogP contribution in [0.1, 0.15) is 42.1 Å². The summed E-state index contributed by atoms with van der Waals surface area (Å²) in [5.74, 6) is -2.61. The van der Waals surface area contributed by atoms with Crippen molar-refractivity contribution < 1.29 is 19.5 Å². The van der Waals surface area contributed by atoms with Crippen LogP contribution in [0.15, 0.2) is 24.3 Å². The van der Waals surface area contributed by atoms with Crippen molar-refractivity contribution in [3.05, 3.63) is 35.4 Å². The third kappa shape index (κ3) is 2.23. The second-order valence-electron chi connectivity index (χ2n) is 4.84. The predicted octanol–water partition coefficient (Wildman–Crippen LogP) is 1.64. The van der Waals surface area contributed by atoms with E-state index in [1.165, 1.54) is 0 Å². The molecule has 2 rings (SSSR count). The van der Waals surface area contributed by atoms with E-state index in [4.69, 9.17) is 5.11 Å². The fraction of sp³-hybridized carbons (Fsp3) is 0.357. The molecule has 5 nitrogen and oxygen atoms in total. The number of amides is 2. The fourth-order valence-corrected chi connectivity index (χ4v) is 2.39. The fourth-order valence-electron chi connectivity index (χ4n) is 2.39. The van der Waals surface area contributed by atoms with Crippen LogP contribution in [-0.4, -0.2) is 33.8 Å². The second kappa shape index (κ2) is 4.84. The molecule has 100 valence electrons. The molecule has 1 N–H and O–H groups in total. The molecule has 1 atom stereocenters. The topological polar surface area (TPSA) is 74.7 Å². The molecule has 1 aliphatic rings. The van der Waals surface area contributed by atoms with Gasteiger partial charge in [-0.15, -0.1) is 0 Å². The van der Waals surface area contributed by atoms with Crippen LogP contribution < -0.4 is 0 Å². The van der Waals surface area contributed by atoms with E-state index < -0.39 is 17.8 Å². The van der Waals surface area contributed by atoms with Crippen molar-refractivity contribution in [1.29, 1.82) is 0 Å². The predicted molar refractivity (Wildman–Crippen MR) is 67.7 cm³/mol. The van der Waals surface area contributed by atoms with Gasteiger partial charge in [0.25, 0.3) is 5.91 Å². The zero-order chi connectivity index (χ0) is 14.2. The number of carbonyl (C=O) groups excluding carboxylic acids is 2.